The Balaban J connectivity index is 1.60. The molecule has 1 saturated heterocycles. The van der Waals surface area contributed by atoms with Gasteiger partial charge in [-0.2, -0.15) is 14.7 Å². The van der Waals surface area contributed by atoms with Crippen LogP contribution in [-0.2, 0) is 16.4 Å². The van der Waals surface area contributed by atoms with Gasteiger partial charge in [0.05, 0.1) is 41.9 Å². The third kappa shape index (κ3) is 3.47. The van der Waals surface area contributed by atoms with Crippen LogP contribution in [0.15, 0.2) is 48.9 Å². The smallest absolute Gasteiger partial charge is 0.165 e. The van der Waals surface area contributed by atoms with Crippen LogP contribution in [0.3, 0.4) is 0 Å². The molecule has 0 atom stereocenters. The molecule has 31 heavy (non-hydrogen) atoms. The number of hydrogen-bond acceptors (Lipinski definition) is 7. The lowest BCUT2D eigenvalue weighted by Gasteiger charge is -2.24. The Hall–Kier alpha value is -3.24. The van der Waals surface area contributed by atoms with E-state index in [2.05, 4.69) is 10.2 Å². The molecule has 0 bridgehead atoms. The molecule has 5 rings (SSSR count). The van der Waals surface area contributed by atoms with E-state index in [0.717, 1.165) is 16.8 Å². The summed E-state index contributed by atoms with van der Waals surface area (Å²) in [5.41, 5.74) is 10.6. The number of nitrogens with two attached hydrogens (primary N) is 1. The van der Waals surface area contributed by atoms with Gasteiger partial charge in [-0.05, 0) is 25.0 Å². The first-order valence-electron chi connectivity index (χ1n) is 10.0. The van der Waals surface area contributed by atoms with E-state index in [1.165, 1.54) is 4.52 Å². The predicted molar refractivity (Wildman–Crippen MR) is 117 cm³/mol. The minimum absolute atomic E-state index is 0.0761. The molecule has 1 aromatic carbocycles. The van der Waals surface area contributed by atoms with E-state index in [1.54, 1.807) is 17.1 Å². The lowest BCUT2D eigenvalue weighted by atomic mass is 9.94. The van der Waals surface area contributed by atoms with Crippen molar-refractivity contribution >= 4 is 21.3 Å². The minimum Gasteiger partial charge on any atom is -0.391 e. The summed E-state index contributed by atoms with van der Waals surface area (Å²) in [5, 5.41) is 18.8. The van der Waals surface area contributed by atoms with Crippen molar-refractivity contribution in [2.24, 2.45) is 0 Å². The van der Waals surface area contributed by atoms with Crippen LogP contribution in [0.4, 0.5) is 5.82 Å². The number of hydrogen-bond donors (Lipinski definition) is 2. The Kier molecular flexibility index (Phi) is 4.75. The summed E-state index contributed by atoms with van der Waals surface area (Å²) < 4.78 is 27.0. The average molecular weight is 439 g/mol. The van der Waals surface area contributed by atoms with Crippen LogP contribution in [0.5, 0.6) is 0 Å². The number of sulfone groups is 1. The molecule has 10 heteroatoms. The van der Waals surface area contributed by atoms with Crippen molar-refractivity contribution in [1.82, 2.24) is 24.4 Å². The number of rotatable bonds is 4. The Morgan fingerprint density at radius 1 is 1.10 bits per heavy atom. The lowest BCUT2D eigenvalue weighted by Crippen LogP contribution is -2.24. The number of fused-ring (bicyclic) bond motifs is 1. The maximum atomic E-state index is 11.9. The van der Waals surface area contributed by atoms with Crippen LogP contribution >= 0.6 is 0 Å². The number of aliphatic hydroxyl groups excluding tert-OH is 1. The Bertz CT molecular complexity index is 1350. The van der Waals surface area contributed by atoms with Crippen LogP contribution in [0.2, 0.25) is 0 Å². The number of aliphatic hydroxyl groups is 1. The largest absolute Gasteiger partial charge is 0.391 e. The van der Waals surface area contributed by atoms with Crippen molar-refractivity contribution in [3.63, 3.8) is 0 Å². The maximum absolute atomic E-state index is 11.9. The van der Waals surface area contributed by atoms with Crippen molar-refractivity contribution in [2.45, 2.75) is 25.4 Å². The molecule has 1 aliphatic heterocycles. The SMILES string of the molecule is Nc1c(CO)c(C2CCS(=O)(=O)CC2)nc2c(-c3cnn(-c4ccccc4)c3)cnn12. The molecule has 4 aromatic rings. The predicted octanol–water partition coefficient (Wildman–Crippen LogP) is 1.95. The molecular weight excluding hydrogens is 416 g/mol. The van der Waals surface area contributed by atoms with E-state index in [1.807, 2.05) is 36.5 Å². The van der Waals surface area contributed by atoms with Crippen LogP contribution in [0.25, 0.3) is 22.5 Å². The van der Waals surface area contributed by atoms with Crippen LogP contribution in [0.1, 0.15) is 30.0 Å². The molecule has 1 aliphatic rings. The zero-order valence-electron chi connectivity index (χ0n) is 16.7. The number of benzene rings is 1. The van der Waals surface area contributed by atoms with Gasteiger partial charge in [-0.1, -0.05) is 18.2 Å². The fraction of sp³-hybridized carbons (Fsp3) is 0.286. The highest BCUT2D eigenvalue weighted by molar-refractivity contribution is 7.91. The van der Waals surface area contributed by atoms with Crippen molar-refractivity contribution in [1.29, 1.82) is 0 Å². The third-order valence-electron chi connectivity index (χ3n) is 5.83. The van der Waals surface area contributed by atoms with Crippen molar-refractivity contribution in [2.75, 3.05) is 17.2 Å². The first-order chi connectivity index (χ1) is 15.0. The van der Waals surface area contributed by atoms with Crippen LogP contribution < -0.4 is 5.73 Å². The van der Waals surface area contributed by atoms with Gasteiger partial charge in [-0.15, -0.1) is 0 Å². The molecule has 0 saturated carbocycles. The molecule has 0 aliphatic carbocycles. The van der Waals surface area contributed by atoms with E-state index >= 15 is 0 Å². The van der Waals surface area contributed by atoms with Crippen molar-refractivity contribution in [3.05, 3.63) is 60.2 Å². The zero-order valence-corrected chi connectivity index (χ0v) is 17.5. The van der Waals surface area contributed by atoms with E-state index in [9.17, 15) is 13.5 Å². The minimum atomic E-state index is -3.01. The fourth-order valence-electron chi connectivity index (χ4n) is 4.12. The number of nitrogens with zero attached hydrogens (tertiary/aromatic N) is 5. The van der Waals surface area contributed by atoms with Gasteiger partial charge in [0.15, 0.2) is 5.65 Å². The number of aromatic nitrogens is 5. The fourth-order valence-corrected chi connectivity index (χ4v) is 5.61. The van der Waals surface area contributed by atoms with E-state index in [-0.39, 0.29) is 24.0 Å². The van der Waals surface area contributed by atoms with Gasteiger partial charge in [0.1, 0.15) is 15.7 Å². The van der Waals surface area contributed by atoms with Crippen LogP contribution in [0, 0.1) is 0 Å². The second-order valence-electron chi connectivity index (χ2n) is 7.75. The standard InChI is InChI=1S/C21H22N6O3S/c22-20-18(13-28)19(14-6-8-31(29,30)9-7-14)25-21-17(11-24-27(20)21)15-10-23-26(12-15)16-4-2-1-3-5-16/h1-5,10-12,14,28H,6-9,13,22H2. The molecule has 3 N–H and O–H groups in total. The first-order valence-corrected chi connectivity index (χ1v) is 11.9. The van der Waals surface area contributed by atoms with Gasteiger partial charge >= 0.3 is 0 Å². The Morgan fingerprint density at radius 3 is 2.55 bits per heavy atom. The maximum Gasteiger partial charge on any atom is 0.165 e. The van der Waals surface area contributed by atoms with E-state index in [4.69, 9.17) is 10.7 Å². The monoisotopic (exact) mass is 438 g/mol. The number of nitrogen functional groups attached to an aromatic ring is 1. The summed E-state index contributed by atoms with van der Waals surface area (Å²) in [5.74, 6) is 0.474. The second kappa shape index (κ2) is 7.47. The summed E-state index contributed by atoms with van der Waals surface area (Å²) in [4.78, 5) is 4.83. The quantitative estimate of drug-likeness (QED) is 0.498. The molecular formula is C21H22N6O3S. The van der Waals surface area contributed by atoms with Gasteiger partial charge in [0, 0.05) is 28.8 Å². The summed E-state index contributed by atoms with van der Waals surface area (Å²) in [6, 6.07) is 9.77. The van der Waals surface area contributed by atoms with E-state index in [0.29, 0.717) is 35.6 Å². The second-order valence-corrected chi connectivity index (χ2v) is 10.1. The van der Waals surface area contributed by atoms with Gasteiger partial charge < -0.3 is 10.8 Å². The third-order valence-corrected chi connectivity index (χ3v) is 7.55. The van der Waals surface area contributed by atoms with E-state index < -0.39 is 9.84 Å². The molecule has 0 unspecified atom stereocenters. The van der Waals surface area contributed by atoms with Crippen LogP contribution in [-0.4, -0.2) is 49.4 Å². The average Bonchev–Trinajstić information content (AvgIpc) is 3.41. The van der Waals surface area contributed by atoms with Crippen molar-refractivity contribution in [3.8, 4) is 16.8 Å². The molecule has 3 aromatic heterocycles. The molecule has 0 spiro atoms. The van der Waals surface area contributed by atoms with Gasteiger partial charge in [-0.3, -0.25) is 0 Å². The highest BCUT2D eigenvalue weighted by Crippen LogP contribution is 2.35. The zero-order chi connectivity index (χ0) is 21.6. The molecule has 0 amide bonds. The highest BCUT2D eigenvalue weighted by atomic mass is 32.2. The lowest BCUT2D eigenvalue weighted by molar-refractivity contribution is 0.279. The first kappa shape index (κ1) is 19.7. The molecule has 160 valence electrons. The number of para-hydroxylation sites is 1. The van der Waals surface area contributed by atoms with Gasteiger partial charge in [0.2, 0.25) is 0 Å². The summed E-state index contributed by atoms with van der Waals surface area (Å²) in [7, 11) is -3.01. The Labute approximate surface area is 179 Å². The molecule has 0 radical (unpaired) electrons. The number of anilines is 1. The van der Waals surface area contributed by atoms with Crippen molar-refractivity contribution < 1.29 is 13.5 Å². The topological polar surface area (TPSA) is 128 Å². The Morgan fingerprint density at radius 2 is 1.84 bits per heavy atom. The summed E-state index contributed by atoms with van der Waals surface area (Å²) in [6.45, 7) is -0.283. The normalized spacial score (nSPS) is 16.7. The summed E-state index contributed by atoms with van der Waals surface area (Å²) >= 11 is 0. The molecule has 1 fully saturated rings. The highest BCUT2D eigenvalue weighted by Gasteiger charge is 2.29. The molecule has 4 heterocycles. The summed E-state index contributed by atoms with van der Waals surface area (Å²) in [6.07, 6.45) is 6.26. The van der Waals surface area contributed by atoms with Gasteiger partial charge in [0.25, 0.3) is 0 Å². The van der Waals surface area contributed by atoms with Gasteiger partial charge in [-0.25, -0.2) is 18.1 Å². The molecule has 9 nitrogen and oxygen atoms in total.